The Bertz CT molecular complexity index is 1420. The number of nitrogens with one attached hydrogen (secondary N) is 1. The van der Waals surface area contributed by atoms with Crippen LogP contribution in [0.4, 0.5) is 4.79 Å². The maximum absolute atomic E-state index is 12.6. The highest BCUT2D eigenvalue weighted by Crippen LogP contribution is 2.25. The van der Waals surface area contributed by atoms with Gasteiger partial charge < -0.3 is 15.6 Å². The molecule has 0 spiro atoms. The number of carbonyl (C=O) groups excluding carboxylic acids is 1. The summed E-state index contributed by atoms with van der Waals surface area (Å²) in [7, 11) is 0. The first kappa shape index (κ1) is 30.8. The average molecular weight is 572 g/mol. The van der Waals surface area contributed by atoms with E-state index in [-0.39, 0.29) is 6.54 Å². The van der Waals surface area contributed by atoms with Crippen LogP contribution in [0.25, 0.3) is 11.4 Å². The van der Waals surface area contributed by atoms with Crippen molar-refractivity contribution in [2.75, 3.05) is 6.54 Å². The second-order valence-electron chi connectivity index (χ2n) is 11.9. The number of hydrazine groups is 1. The van der Waals surface area contributed by atoms with Crippen molar-refractivity contribution in [2.24, 2.45) is 5.73 Å². The van der Waals surface area contributed by atoms with Gasteiger partial charge in [0, 0.05) is 24.7 Å². The van der Waals surface area contributed by atoms with Crippen molar-refractivity contribution in [2.45, 2.75) is 70.9 Å². The number of hydrogen-bond acceptors (Lipinski definition) is 8. The lowest BCUT2D eigenvalue weighted by molar-refractivity contribution is 0.0171. The monoisotopic (exact) mass is 571 g/mol. The standard InChI is InChI=1S/C32H41N7O3/c1-31(2,3)42-30(41)36-38(22-28(40)27(33)20-23-12-8-6-9-13-23)21-24-16-18-25(19-17-24)29-34-37-39(35-29)32(4,5)26-14-10-7-11-15-26/h6-19,27-28,40H,20-22,33H2,1-5H3,(H,36,41). The summed E-state index contributed by atoms with van der Waals surface area (Å²) in [5.74, 6) is 0.511. The highest BCUT2D eigenvalue weighted by molar-refractivity contribution is 5.67. The number of hydrogen-bond donors (Lipinski definition) is 3. The maximum atomic E-state index is 12.6. The molecule has 3 aromatic carbocycles. The number of ether oxygens (including phenoxy) is 1. The van der Waals surface area contributed by atoms with Crippen LogP contribution >= 0.6 is 0 Å². The van der Waals surface area contributed by atoms with E-state index in [1.807, 2.05) is 98.8 Å². The van der Waals surface area contributed by atoms with Gasteiger partial charge in [-0.25, -0.2) is 9.80 Å². The molecule has 1 aromatic heterocycles. The molecule has 0 aliphatic carbocycles. The second kappa shape index (κ2) is 13.2. The van der Waals surface area contributed by atoms with Gasteiger partial charge in [0.1, 0.15) is 11.1 Å². The van der Waals surface area contributed by atoms with Crippen LogP contribution in [0.1, 0.15) is 51.3 Å². The second-order valence-corrected chi connectivity index (χ2v) is 11.9. The number of benzene rings is 3. The molecule has 1 heterocycles. The predicted octanol–water partition coefficient (Wildman–Crippen LogP) is 4.30. The molecule has 10 heteroatoms. The zero-order valence-corrected chi connectivity index (χ0v) is 24.9. The zero-order valence-electron chi connectivity index (χ0n) is 24.9. The van der Waals surface area contributed by atoms with Crippen molar-refractivity contribution in [1.82, 2.24) is 30.6 Å². The molecule has 2 unspecified atom stereocenters. The lowest BCUT2D eigenvalue weighted by Gasteiger charge is -2.29. The number of tetrazole rings is 1. The third kappa shape index (κ3) is 8.45. The normalized spacial score (nSPS) is 13.5. The van der Waals surface area contributed by atoms with E-state index in [1.165, 1.54) is 0 Å². The molecular weight excluding hydrogens is 530 g/mol. The maximum Gasteiger partial charge on any atom is 0.422 e. The topological polar surface area (TPSA) is 131 Å². The van der Waals surface area contributed by atoms with Crippen molar-refractivity contribution in [3.63, 3.8) is 0 Å². The largest absolute Gasteiger partial charge is 0.443 e. The lowest BCUT2D eigenvalue weighted by atomic mass is 9.95. The number of aliphatic hydroxyl groups excluding tert-OH is 1. The highest BCUT2D eigenvalue weighted by Gasteiger charge is 2.27. The molecule has 0 bridgehead atoms. The van der Waals surface area contributed by atoms with E-state index in [1.54, 1.807) is 30.6 Å². The van der Waals surface area contributed by atoms with Crippen LogP contribution in [-0.4, -0.2) is 60.7 Å². The first-order valence-corrected chi connectivity index (χ1v) is 14.1. The summed E-state index contributed by atoms with van der Waals surface area (Å²) in [4.78, 5) is 14.2. The van der Waals surface area contributed by atoms with Gasteiger partial charge in [0.15, 0.2) is 0 Å². The Morgan fingerprint density at radius 2 is 1.57 bits per heavy atom. The number of nitrogens with zero attached hydrogens (tertiary/aromatic N) is 5. The Morgan fingerprint density at radius 3 is 2.19 bits per heavy atom. The van der Waals surface area contributed by atoms with Gasteiger partial charge in [-0.05, 0) is 62.9 Å². The van der Waals surface area contributed by atoms with Gasteiger partial charge in [-0.15, -0.1) is 10.2 Å². The summed E-state index contributed by atoms with van der Waals surface area (Å²) in [6.07, 6.45) is -0.998. The van der Waals surface area contributed by atoms with E-state index in [0.717, 1.165) is 22.3 Å². The van der Waals surface area contributed by atoms with Crippen molar-refractivity contribution >= 4 is 6.09 Å². The van der Waals surface area contributed by atoms with Crippen molar-refractivity contribution in [3.8, 4) is 11.4 Å². The minimum absolute atomic E-state index is 0.111. The summed E-state index contributed by atoms with van der Waals surface area (Å²) in [6.45, 7) is 9.91. The van der Waals surface area contributed by atoms with E-state index < -0.39 is 29.4 Å². The number of aliphatic hydroxyl groups is 1. The van der Waals surface area contributed by atoms with Gasteiger partial charge in [-0.1, -0.05) is 84.9 Å². The lowest BCUT2D eigenvalue weighted by Crippen LogP contribution is -2.51. The van der Waals surface area contributed by atoms with Crippen molar-refractivity contribution in [1.29, 1.82) is 0 Å². The van der Waals surface area contributed by atoms with E-state index in [2.05, 4.69) is 20.8 Å². The van der Waals surface area contributed by atoms with Crippen molar-refractivity contribution < 1.29 is 14.6 Å². The van der Waals surface area contributed by atoms with Gasteiger partial charge in [0.05, 0.1) is 6.10 Å². The summed E-state index contributed by atoms with van der Waals surface area (Å²) in [5.41, 5.74) is 11.8. The SMILES string of the molecule is CC(C)(C)OC(=O)NN(Cc1ccc(-c2nnn(C(C)(C)c3ccccc3)n2)cc1)CC(O)C(N)Cc1ccccc1. The van der Waals surface area contributed by atoms with Gasteiger partial charge >= 0.3 is 6.09 Å². The Morgan fingerprint density at radius 1 is 0.952 bits per heavy atom. The molecule has 4 N–H and O–H groups in total. The molecule has 222 valence electrons. The molecule has 2 atom stereocenters. The fourth-order valence-corrected chi connectivity index (χ4v) is 4.47. The van der Waals surface area contributed by atoms with Crippen LogP contribution in [0, 0.1) is 0 Å². The van der Waals surface area contributed by atoms with E-state index >= 15 is 0 Å². The molecule has 4 aromatic rings. The molecule has 42 heavy (non-hydrogen) atoms. The Hall–Kier alpha value is -4.12. The highest BCUT2D eigenvalue weighted by atomic mass is 16.6. The van der Waals surface area contributed by atoms with Crippen LogP contribution < -0.4 is 11.2 Å². The summed E-state index contributed by atoms with van der Waals surface area (Å²) >= 11 is 0. The summed E-state index contributed by atoms with van der Waals surface area (Å²) in [5, 5.41) is 25.8. The van der Waals surface area contributed by atoms with Crippen molar-refractivity contribution in [3.05, 3.63) is 102 Å². The van der Waals surface area contributed by atoms with Gasteiger partial charge in [0.2, 0.25) is 5.82 Å². The molecule has 0 aliphatic heterocycles. The Labute approximate surface area is 247 Å². The van der Waals surface area contributed by atoms with Gasteiger partial charge in [-0.2, -0.15) is 4.80 Å². The average Bonchev–Trinajstić information content (AvgIpc) is 3.45. The minimum atomic E-state index is -0.897. The number of nitrogens with two attached hydrogens (primary N) is 1. The van der Waals surface area contributed by atoms with Crippen LogP contribution in [0.2, 0.25) is 0 Å². The van der Waals surface area contributed by atoms with E-state index in [4.69, 9.17) is 10.5 Å². The third-order valence-electron chi connectivity index (χ3n) is 6.84. The van der Waals surface area contributed by atoms with Crippen LogP contribution in [0.3, 0.4) is 0 Å². The van der Waals surface area contributed by atoms with E-state index in [9.17, 15) is 9.90 Å². The smallest absolute Gasteiger partial charge is 0.422 e. The predicted molar refractivity (Wildman–Crippen MR) is 162 cm³/mol. The first-order chi connectivity index (χ1) is 19.9. The molecule has 4 rings (SSSR count). The zero-order chi connectivity index (χ0) is 30.3. The number of aromatic nitrogens is 4. The number of amides is 1. The summed E-state index contributed by atoms with van der Waals surface area (Å²) in [6, 6.07) is 27.0. The molecule has 1 amide bonds. The third-order valence-corrected chi connectivity index (χ3v) is 6.84. The fraction of sp³-hybridized carbons (Fsp3) is 0.375. The van der Waals surface area contributed by atoms with Crippen LogP contribution in [0.15, 0.2) is 84.9 Å². The van der Waals surface area contributed by atoms with E-state index in [0.29, 0.717) is 18.8 Å². The number of rotatable bonds is 11. The molecule has 0 saturated carbocycles. The number of carbonyl (C=O) groups is 1. The van der Waals surface area contributed by atoms with Gasteiger partial charge in [0.25, 0.3) is 0 Å². The molecule has 0 radical (unpaired) electrons. The van der Waals surface area contributed by atoms with Crippen LogP contribution in [-0.2, 0) is 23.2 Å². The van der Waals surface area contributed by atoms with Crippen LogP contribution in [0.5, 0.6) is 0 Å². The molecular formula is C32H41N7O3. The molecule has 0 fully saturated rings. The minimum Gasteiger partial charge on any atom is -0.443 e. The molecule has 0 aliphatic rings. The van der Waals surface area contributed by atoms with Gasteiger partial charge in [-0.3, -0.25) is 5.43 Å². The Balaban J connectivity index is 1.46. The quantitative estimate of drug-likeness (QED) is 0.227. The Kier molecular flexibility index (Phi) is 9.72. The fourth-order valence-electron chi connectivity index (χ4n) is 4.47. The molecule has 10 nitrogen and oxygen atoms in total. The summed E-state index contributed by atoms with van der Waals surface area (Å²) < 4.78 is 5.45. The molecule has 0 saturated heterocycles. The first-order valence-electron chi connectivity index (χ1n) is 14.1.